The highest BCUT2D eigenvalue weighted by Crippen LogP contribution is 2.33. The van der Waals surface area contributed by atoms with Crippen LogP contribution in [-0.4, -0.2) is 18.8 Å². The molecule has 0 spiro atoms. The molecule has 2 atom stereocenters. The Balaban J connectivity index is 0.000001000. The highest BCUT2D eigenvalue weighted by molar-refractivity contribution is 5.85. The molecule has 0 amide bonds. The highest BCUT2D eigenvalue weighted by Gasteiger charge is 2.44. The number of rotatable bonds is 0. The number of halogens is 4. The molecule has 0 aromatic rings. The molecule has 1 aliphatic heterocycles. The SMILES string of the molecule is CC1NCCC1C(F)(F)F.Cl. The number of hydrogen-bond acceptors (Lipinski definition) is 1. The van der Waals surface area contributed by atoms with E-state index in [2.05, 4.69) is 5.32 Å². The summed E-state index contributed by atoms with van der Waals surface area (Å²) in [6.45, 7) is 2.07. The molecule has 0 radical (unpaired) electrons. The van der Waals surface area contributed by atoms with E-state index in [9.17, 15) is 13.2 Å². The van der Waals surface area contributed by atoms with Crippen molar-refractivity contribution in [3.05, 3.63) is 0 Å². The average Bonchev–Trinajstić information content (AvgIpc) is 2.11. The molecule has 68 valence electrons. The maximum Gasteiger partial charge on any atom is 0.393 e. The average molecular weight is 190 g/mol. The minimum atomic E-state index is -4.01. The lowest BCUT2D eigenvalue weighted by atomic mass is 10.0. The van der Waals surface area contributed by atoms with Crippen LogP contribution in [-0.2, 0) is 0 Å². The molecule has 11 heavy (non-hydrogen) atoms. The summed E-state index contributed by atoms with van der Waals surface area (Å²) < 4.78 is 35.9. The zero-order valence-electron chi connectivity index (χ0n) is 6.11. The second kappa shape index (κ2) is 3.63. The molecule has 1 nitrogen and oxygen atoms in total. The van der Waals surface area contributed by atoms with E-state index in [-0.39, 0.29) is 18.8 Å². The minimum absolute atomic E-state index is 0. The van der Waals surface area contributed by atoms with Crippen molar-refractivity contribution in [2.24, 2.45) is 5.92 Å². The quantitative estimate of drug-likeness (QED) is 0.615. The third-order valence-corrected chi connectivity index (χ3v) is 1.95. The number of nitrogens with one attached hydrogen (secondary N) is 1. The standard InChI is InChI=1S/C6H10F3N.ClH/c1-4-5(2-3-10-4)6(7,8)9;/h4-5,10H,2-3H2,1H3;1H. The first-order chi connectivity index (χ1) is 4.52. The summed E-state index contributed by atoms with van der Waals surface area (Å²) in [6.07, 6.45) is -3.78. The maximum atomic E-state index is 12.0. The summed E-state index contributed by atoms with van der Waals surface area (Å²) in [5.41, 5.74) is 0. The van der Waals surface area contributed by atoms with Gasteiger partial charge in [0.25, 0.3) is 0 Å². The van der Waals surface area contributed by atoms with Gasteiger partial charge in [-0.25, -0.2) is 0 Å². The topological polar surface area (TPSA) is 12.0 Å². The molecule has 1 heterocycles. The first-order valence-corrected chi connectivity index (χ1v) is 3.32. The van der Waals surface area contributed by atoms with Crippen molar-refractivity contribution in [3.63, 3.8) is 0 Å². The maximum absolute atomic E-state index is 12.0. The summed E-state index contributed by atoms with van der Waals surface area (Å²) >= 11 is 0. The summed E-state index contributed by atoms with van der Waals surface area (Å²) in [7, 11) is 0. The van der Waals surface area contributed by atoms with Gasteiger partial charge in [-0.15, -0.1) is 12.4 Å². The van der Waals surface area contributed by atoms with Crippen molar-refractivity contribution in [1.82, 2.24) is 5.32 Å². The van der Waals surface area contributed by atoms with Crippen LogP contribution in [0.5, 0.6) is 0 Å². The minimum Gasteiger partial charge on any atom is -0.314 e. The van der Waals surface area contributed by atoms with Crippen LogP contribution in [0.2, 0.25) is 0 Å². The molecule has 0 aromatic heterocycles. The van der Waals surface area contributed by atoms with Crippen molar-refractivity contribution < 1.29 is 13.2 Å². The van der Waals surface area contributed by atoms with Gasteiger partial charge in [0.05, 0.1) is 5.92 Å². The van der Waals surface area contributed by atoms with Gasteiger partial charge in [-0.1, -0.05) is 0 Å². The first-order valence-electron chi connectivity index (χ1n) is 3.32. The number of alkyl halides is 3. The lowest BCUT2D eigenvalue weighted by molar-refractivity contribution is -0.175. The second-order valence-electron chi connectivity index (χ2n) is 2.68. The van der Waals surface area contributed by atoms with E-state index < -0.39 is 18.1 Å². The van der Waals surface area contributed by atoms with E-state index >= 15 is 0 Å². The van der Waals surface area contributed by atoms with Gasteiger partial charge in [0.1, 0.15) is 0 Å². The van der Waals surface area contributed by atoms with Crippen LogP contribution >= 0.6 is 12.4 Å². The predicted octanol–water partition coefficient (Wildman–Crippen LogP) is 1.97. The smallest absolute Gasteiger partial charge is 0.314 e. The highest BCUT2D eigenvalue weighted by atomic mass is 35.5. The van der Waals surface area contributed by atoms with Crippen LogP contribution in [0.1, 0.15) is 13.3 Å². The van der Waals surface area contributed by atoms with Crippen molar-refractivity contribution >= 4 is 12.4 Å². The van der Waals surface area contributed by atoms with Crippen molar-refractivity contribution in [2.75, 3.05) is 6.54 Å². The van der Waals surface area contributed by atoms with Gasteiger partial charge < -0.3 is 5.32 Å². The second-order valence-corrected chi connectivity index (χ2v) is 2.68. The van der Waals surface area contributed by atoms with Crippen LogP contribution < -0.4 is 5.32 Å². The fraction of sp³-hybridized carbons (Fsp3) is 1.00. The largest absolute Gasteiger partial charge is 0.393 e. The monoisotopic (exact) mass is 189 g/mol. The molecular weight excluding hydrogens is 179 g/mol. The van der Waals surface area contributed by atoms with Gasteiger partial charge in [-0.05, 0) is 19.9 Å². The van der Waals surface area contributed by atoms with Crippen molar-refractivity contribution in [2.45, 2.75) is 25.6 Å². The third kappa shape index (κ3) is 2.52. The lowest BCUT2D eigenvalue weighted by Crippen LogP contribution is -2.32. The zero-order valence-corrected chi connectivity index (χ0v) is 6.93. The van der Waals surface area contributed by atoms with E-state index in [4.69, 9.17) is 0 Å². The first kappa shape index (κ1) is 11.0. The molecule has 2 unspecified atom stereocenters. The zero-order chi connectivity index (χ0) is 7.78. The molecule has 1 fully saturated rings. The van der Waals surface area contributed by atoms with Gasteiger partial charge in [-0.2, -0.15) is 13.2 Å². The van der Waals surface area contributed by atoms with Crippen LogP contribution in [0.25, 0.3) is 0 Å². The van der Waals surface area contributed by atoms with Crippen LogP contribution in [0.4, 0.5) is 13.2 Å². The van der Waals surface area contributed by atoms with Crippen LogP contribution in [0.15, 0.2) is 0 Å². The molecule has 1 rings (SSSR count). The van der Waals surface area contributed by atoms with Crippen LogP contribution in [0.3, 0.4) is 0 Å². The Morgan fingerprint density at radius 2 is 1.91 bits per heavy atom. The normalized spacial score (nSPS) is 31.6. The molecule has 0 saturated carbocycles. The van der Waals surface area contributed by atoms with Crippen LogP contribution in [0, 0.1) is 5.92 Å². The molecule has 5 heteroatoms. The van der Waals surface area contributed by atoms with Gasteiger partial charge in [0, 0.05) is 6.04 Å². The van der Waals surface area contributed by atoms with Crippen molar-refractivity contribution in [1.29, 1.82) is 0 Å². The van der Waals surface area contributed by atoms with Gasteiger partial charge >= 0.3 is 6.18 Å². The summed E-state index contributed by atoms with van der Waals surface area (Å²) in [5.74, 6) is -1.13. The molecule has 0 aliphatic carbocycles. The van der Waals surface area contributed by atoms with E-state index in [1.807, 2.05) is 0 Å². The van der Waals surface area contributed by atoms with E-state index in [1.54, 1.807) is 6.92 Å². The lowest BCUT2D eigenvalue weighted by Gasteiger charge is -2.17. The molecule has 0 bridgehead atoms. The van der Waals surface area contributed by atoms with E-state index in [0.29, 0.717) is 6.54 Å². The Bertz CT molecular complexity index is 125. The fourth-order valence-electron chi connectivity index (χ4n) is 1.31. The molecule has 0 aromatic carbocycles. The molecule has 1 N–H and O–H groups in total. The molecule has 1 saturated heterocycles. The van der Waals surface area contributed by atoms with Crippen molar-refractivity contribution in [3.8, 4) is 0 Å². The van der Waals surface area contributed by atoms with Gasteiger partial charge in [0.2, 0.25) is 0 Å². The Kier molecular flexibility index (Phi) is 3.64. The Labute approximate surface area is 69.8 Å². The Morgan fingerprint density at radius 1 is 1.36 bits per heavy atom. The summed E-state index contributed by atoms with van der Waals surface area (Å²) in [6, 6.07) is -0.403. The summed E-state index contributed by atoms with van der Waals surface area (Å²) in [5, 5.41) is 2.76. The number of hydrogen-bond donors (Lipinski definition) is 1. The Hall–Kier alpha value is 0.0400. The van der Waals surface area contributed by atoms with E-state index in [1.165, 1.54) is 0 Å². The predicted molar refractivity (Wildman–Crippen MR) is 38.9 cm³/mol. The third-order valence-electron chi connectivity index (χ3n) is 1.95. The molecule has 1 aliphatic rings. The molecular formula is C6H11ClF3N. The summed E-state index contributed by atoms with van der Waals surface area (Å²) in [4.78, 5) is 0. The van der Waals surface area contributed by atoms with E-state index in [0.717, 1.165) is 0 Å². The fourth-order valence-corrected chi connectivity index (χ4v) is 1.31. The van der Waals surface area contributed by atoms with Gasteiger partial charge in [0.15, 0.2) is 0 Å². The van der Waals surface area contributed by atoms with Gasteiger partial charge in [-0.3, -0.25) is 0 Å². The Morgan fingerprint density at radius 3 is 2.09 bits per heavy atom.